The van der Waals surface area contributed by atoms with Gasteiger partial charge in [0, 0.05) is 16.0 Å². The van der Waals surface area contributed by atoms with Crippen LogP contribution >= 0.6 is 23.2 Å². The first kappa shape index (κ1) is 21.9. The summed E-state index contributed by atoms with van der Waals surface area (Å²) in [5, 5.41) is 5.91. The topological polar surface area (TPSA) is 32.7 Å². The van der Waals surface area contributed by atoms with Crippen molar-refractivity contribution in [3.8, 4) is 0 Å². The molecule has 1 heterocycles. The monoisotopic (exact) mass is 466 g/mol. The van der Waals surface area contributed by atoms with Gasteiger partial charge in [0.2, 0.25) is 0 Å². The zero-order valence-electron chi connectivity index (χ0n) is 16.5. The quantitative estimate of drug-likeness (QED) is 0.472. The normalized spacial score (nSPS) is 24.8. The van der Waals surface area contributed by atoms with Gasteiger partial charge in [-0.3, -0.25) is 4.79 Å². The van der Waals surface area contributed by atoms with E-state index in [9.17, 15) is 18.0 Å². The number of nitrogens with zero attached hydrogens (tertiary/aromatic N) is 2. The van der Waals surface area contributed by atoms with Crippen LogP contribution in [-0.4, -0.2) is 22.8 Å². The van der Waals surface area contributed by atoms with Crippen LogP contribution in [0.2, 0.25) is 10.0 Å². The lowest BCUT2D eigenvalue weighted by atomic mass is 9.73. The second kappa shape index (κ2) is 8.32. The third-order valence-electron chi connectivity index (χ3n) is 5.64. The van der Waals surface area contributed by atoms with Crippen LogP contribution in [0.3, 0.4) is 0 Å². The lowest BCUT2D eigenvalue weighted by Crippen LogP contribution is -2.40. The first-order chi connectivity index (χ1) is 14.6. The van der Waals surface area contributed by atoms with Crippen LogP contribution in [0, 0.1) is 11.8 Å². The Bertz CT molecular complexity index is 1050. The minimum absolute atomic E-state index is 0.221. The van der Waals surface area contributed by atoms with Gasteiger partial charge in [0.05, 0.1) is 11.8 Å². The van der Waals surface area contributed by atoms with E-state index in [2.05, 4.69) is 12.0 Å². The van der Waals surface area contributed by atoms with Gasteiger partial charge >= 0.3 is 12.1 Å². The van der Waals surface area contributed by atoms with Gasteiger partial charge in [-0.15, -0.1) is 0 Å². The SMILES string of the molecule is C[C@@H]1C/C(=C\c2ccc(Cl)cc2)C2=NN(C(=O)C(F)(F)F)[C@@H](c3ccc(Cl)cc3)[C@@H]2C1. The van der Waals surface area contributed by atoms with Crippen LogP contribution in [0.25, 0.3) is 6.08 Å². The predicted octanol–water partition coefficient (Wildman–Crippen LogP) is 6.92. The first-order valence-electron chi connectivity index (χ1n) is 9.84. The molecule has 162 valence electrons. The summed E-state index contributed by atoms with van der Waals surface area (Å²) in [6, 6.07) is 12.9. The molecule has 2 aliphatic rings. The van der Waals surface area contributed by atoms with E-state index < -0.39 is 18.1 Å². The molecule has 3 nitrogen and oxygen atoms in total. The number of fused-ring (bicyclic) bond motifs is 1. The Morgan fingerprint density at radius 2 is 1.65 bits per heavy atom. The summed E-state index contributed by atoms with van der Waals surface area (Å²) < 4.78 is 40.1. The molecule has 1 amide bonds. The Labute approximate surface area is 188 Å². The van der Waals surface area contributed by atoms with Crippen molar-refractivity contribution >= 4 is 40.9 Å². The average Bonchev–Trinajstić information content (AvgIpc) is 3.08. The van der Waals surface area contributed by atoms with Crippen molar-refractivity contribution < 1.29 is 18.0 Å². The highest BCUT2D eigenvalue weighted by Gasteiger charge is 2.52. The Morgan fingerprint density at radius 3 is 2.23 bits per heavy atom. The van der Waals surface area contributed by atoms with E-state index in [1.165, 1.54) is 0 Å². The third kappa shape index (κ3) is 4.51. The summed E-state index contributed by atoms with van der Waals surface area (Å²) in [5.41, 5.74) is 2.82. The molecule has 3 atom stereocenters. The number of hydrogen-bond acceptors (Lipinski definition) is 2. The maximum atomic E-state index is 13.4. The Balaban J connectivity index is 1.80. The summed E-state index contributed by atoms with van der Waals surface area (Å²) in [7, 11) is 0. The highest BCUT2D eigenvalue weighted by molar-refractivity contribution is 6.30. The molecular formula is C23H19Cl2F3N2O. The second-order valence-corrected chi connectivity index (χ2v) is 8.87. The fourth-order valence-corrected chi connectivity index (χ4v) is 4.59. The highest BCUT2D eigenvalue weighted by Crippen LogP contribution is 2.47. The van der Waals surface area contributed by atoms with Crippen LogP contribution in [0.4, 0.5) is 13.2 Å². The minimum Gasteiger partial charge on any atom is -0.262 e. The van der Waals surface area contributed by atoms with Gasteiger partial charge in [0.25, 0.3) is 0 Å². The number of halogens is 5. The van der Waals surface area contributed by atoms with E-state index >= 15 is 0 Å². The molecule has 1 saturated carbocycles. The molecule has 1 fully saturated rings. The molecule has 0 spiro atoms. The molecule has 1 aliphatic heterocycles. The number of carbonyl (C=O) groups is 1. The van der Waals surface area contributed by atoms with E-state index in [4.69, 9.17) is 23.2 Å². The van der Waals surface area contributed by atoms with Crippen molar-refractivity contribution in [3.63, 3.8) is 0 Å². The second-order valence-electron chi connectivity index (χ2n) is 8.00. The van der Waals surface area contributed by atoms with E-state index in [1.54, 1.807) is 36.4 Å². The first-order valence-corrected chi connectivity index (χ1v) is 10.6. The largest absolute Gasteiger partial charge is 0.473 e. The number of allylic oxidation sites excluding steroid dienone is 1. The van der Waals surface area contributed by atoms with Gasteiger partial charge in [-0.25, -0.2) is 5.01 Å². The van der Waals surface area contributed by atoms with Crippen LogP contribution in [-0.2, 0) is 4.79 Å². The van der Waals surface area contributed by atoms with Crippen molar-refractivity contribution in [3.05, 3.63) is 75.3 Å². The van der Waals surface area contributed by atoms with E-state index in [0.29, 0.717) is 39.2 Å². The highest BCUT2D eigenvalue weighted by atomic mass is 35.5. The van der Waals surface area contributed by atoms with Crippen LogP contribution in [0.5, 0.6) is 0 Å². The lowest BCUT2D eigenvalue weighted by molar-refractivity contribution is -0.188. The van der Waals surface area contributed by atoms with Crippen molar-refractivity contribution in [2.24, 2.45) is 16.9 Å². The van der Waals surface area contributed by atoms with Crippen LogP contribution < -0.4 is 0 Å². The van der Waals surface area contributed by atoms with Gasteiger partial charge < -0.3 is 0 Å². The molecule has 0 radical (unpaired) electrons. The molecule has 2 aromatic carbocycles. The third-order valence-corrected chi connectivity index (χ3v) is 6.14. The number of hydrogen-bond donors (Lipinski definition) is 0. The number of alkyl halides is 3. The predicted molar refractivity (Wildman–Crippen MR) is 116 cm³/mol. The molecule has 0 bridgehead atoms. The Kier molecular flexibility index (Phi) is 5.88. The molecule has 0 aromatic heterocycles. The van der Waals surface area contributed by atoms with E-state index in [0.717, 1.165) is 11.1 Å². The molecule has 0 saturated heterocycles. The van der Waals surface area contributed by atoms with E-state index in [-0.39, 0.29) is 11.8 Å². The van der Waals surface area contributed by atoms with Gasteiger partial charge in [-0.1, -0.05) is 54.4 Å². The van der Waals surface area contributed by atoms with E-state index in [1.807, 2.05) is 18.2 Å². The average molecular weight is 467 g/mol. The van der Waals surface area contributed by atoms with Crippen LogP contribution in [0.1, 0.15) is 36.9 Å². The molecule has 31 heavy (non-hydrogen) atoms. The molecule has 4 rings (SSSR count). The number of benzene rings is 2. The molecule has 0 unspecified atom stereocenters. The number of rotatable bonds is 2. The van der Waals surface area contributed by atoms with Crippen LogP contribution in [0.15, 0.2) is 59.2 Å². The Morgan fingerprint density at radius 1 is 1.06 bits per heavy atom. The van der Waals surface area contributed by atoms with Gasteiger partial charge in [-0.2, -0.15) is 18.3 Å². The summed E-state index contributed by atoms with van der Waals surface area (Å²) in [6.45, 7) is 2.06. The summed E-state index contributed by atoms with van der Waals surface area (Å²) >= 11 is 11.9. The molecular weight excluding hydrogens is 448 g/mol. The number of hydrazone groups is 1. The lowest BCUT2D eigenvalue weighted by Gasteiger charge is -2.32. The molecule has 1 aliphatic carbocycles. The zero-order valence-corrected chi connectivity index (χ0v) is 18.0. The van der Waals surface area contributed by atoms with Crippen molar-refractivity contribution in [1.29, 1.82) is 0 Å². The van der Waals surface area contributed by atoms with Crippen molar-refractivity contribution in [1.82, 2.24) is 5.01 Å². The fourth-order valence-electron chi connectivity index (χ4n) is 4.34. The smallest absolute Gasteiger partial charge is 0.262 e. The number of carbonyl (C=O) groups excluding carboxylic acids is 1. The Hall–Kier alpha value is -2.31. The minimum atomic E-state index is -5.02. The summed E-state index contributed by atoms with van der Waals surface area (Å²) in [6.07, 6.45) is -1.81. The molecule has 0 N–H and O–H groups in total. The van der Waals surface area contributed by atoms with Crippen molar-refractivity contribution in [2.45, 2.75) is 32.0 Å². The summed E-state index contributed by atoms with van der Waals surface area (Å²) in [4.78, 5) is 12.3. The maximum absolute atomic E-state index is 13.4. The standard InChI is InChI=1S/C23H19Cl2F3N2O/c1-13-10-16(12-14-2-6-17(24)7-3-14)20-19(11-13)21(15-4-8-18(25)9-5-15)30(29-20)22(31)23(26,27)28/h2-9,12-13,19,21H,10-11H2,1H3/b16-12+/t13-,19-,21+/m1/s1. The molecule has 2 aromatic rings. The van der Waals surface area contributed by atoms with Gasteiger partial charge in [-0.05, 0) is 65.8 Å². The molecule has 8 heteroatoms. The van der Waals surface area contributed by atoms with Gasteiger partial charge in [0.1, 0.15) is 0 Å². The zero-order chi connectivity index (χ0) is 22.3. The van der Waals surface area contributed by atoms with Gasteiger partial charge in [0.15, 0.2) is 0 Å². The maximum Gasteiger partial charge on any atom is 0.473 e. The summed E-state index contributed by atoms with van der Waals surface area (Å²) in [5.74, 6) is -2.08. The fraction of sp³-hybridized carbons (Fsp3) is 0.304. The van der Waals surface area contributed by atoms with Crippen molar-refractivity contribution in [2.75, 3.05) is 0 Å². The number of amides is 1.